The zero-order valence-electron chi connectivity index (χ0n) is 15.7. The zero-order chi connectivity index (χ0) is 18.2. The molecule has 1 aromatic rings. The van der Waals surface area contributed by atoms with Gasteiger partial charge in [-0.15, -0.1) is 0 Å². The summed E-state index contributed by atoms with van der Waals surface area (Å²) in [6.45, 7) is 7.55. The van der Waals surface area contributed by atoms with E-state index in [0.717, 1.165) is 75.2 Å². The second-order valence-corrected chi connectivity index (χ2v) is 7.22. The molecular formula is C18H32ClN5O. The Morgan fingerprint density at radius 2 is 2.16 bits per heavy atom. The van der Waals surface area contributed by atoms with Crippen molar-refractivity contribution in [2.75, 3.05) is 39.8 Å². The lowest BCUT2D eigenvalue weighted by Gasteiger charge is -2.29. The molecule has 0 bridgehead atoms. The highest BCUT2D eigenvalue weighted by Gasteiger charge is 2.16. The lowest BCUT2D eigenvalue weighted by molar-refractivity contribution is 0.0824. The van der Waals surface area contributed by atoms with E-state index in [9.17, 15) is 5.11 Å². The number of aliphatic hydroxyl groups excluding tert-OH is 1. The van der Waals surface area contributed by atoms with Crippen LogP contribution in [0.4, 0.5) is 0 Å². The van der Waals surface area contributed by atoms with Crippen LogP contribution in [0.1, 0.15) is 31.9 Å². The Bertz CT molecular complexity index is 552. The van der Waals surface area contributed by atoms with Gasteiger partial charge in [-0.2, -0.15) is 0 Å². The van der Waals surface area contributed by atoms with Crippen molar-refractivity contribution in [1.29, 1.82) is 0 Å². The molecule has 0 aliphatic carbocycles. The van der Waals surface area contributed by atoms with Gasteiger partial charge in [-0.3, -0.25) is 4.99 Å². The molecule has 1 aliphatic rings. The fourth-order valence-electron chi connectivity index (χ4n) is 3.13. The van der Waals surface area contributed by atoms with Crippen LogP contribution in [0.15, 0.2) is 17.3 Å². The van der Waals surface area contributed by atoms with Crippen LogP contribution in [-0.2, 0) is 13.6 Å². The highest BCUT2D eigenvalue weighted by atomic mass is 35.5. The van der Waals surface area contributed by atoms with Crippen LogP contribution in [0.3, 0.4) is 0 Å². The number of likely N-dealkylation sites (tertiary alicyclic amines) is 1. The van der Waals surface area contributed by atoms with Crippen LogP contribution in [0.25, 0.3) is 0 Å². The Kier molecular flexibility index (Phi) is 8.06. The molecule has 2 N–H and O–H groups in total. The second kappa shape index (κ2) is 10.0. The van der Waals surface area contributed by atoms with Gasteiger partial charge in [0, 0.05) is 52.2 Å². The molecule has 0 amide bonds. The highest BCUT2D eigenvalue weighted by molar-refractivity contribution is 6.30. The summed E-state index contributed by atoms with van der Waals surface area (Å²) in [7, 11) is 4.06. The largest absolute Gasteiger partial charge is 0.393 e. The monoisotopic (exact) mass is 369 g/mol. The van der Waals surface area contributed by atoms with Crippen LogP contribution in [-0.4, -0.2) is 71.3 Å². The molecule has 1 fully saturated rings. The molecule has 142 valence electrons. The van der Waals surface area contributed by atoms with Crippen LogP contribution in [0.5, 0.6) is 0 Å². The molecule has 0 saturated carbocycles. The van der Waals surface area contributed by atoms with Gasteiger partial charge in [-0.1, -0.05) is 11.6 Å². The standard InChI is InChI=1S/C18H32ClN5O/c1-4-20-18(23(3)14-16-12-15(19)13-22(16)2)21-8-5-9-24-10-6-17(25)7-11-24/h12-13,17,25H,4-11,14H2,1-3H3,(H,20,21). The average molecular weight is 370 g/mol. The number of aryl methyl sites for hydroxylation is 1. The smallest absolute Gasteiger partial charge is 0.194 e. The molecule has 1 aliphatic heterocycles. The number of aromatic nitrogens is 1. The van der Waals surface area contributed by atoms with Crippen molar-refractivity contribution < 1.29 is 5.11 Å². The summed E-state index contributed by atoms with van der Waals surface area (Å²) in [4.78, 5) is 9.31. The topological polar surface area (TPSA) is 56.0 Å². The number of aliphatic imine (C=N–C) groups is 1. The SMILES string of the molecule is CCNC(=NCCCN1CCC(O)CC1)N(C)Cc1cc(Cl)cn1C. The van der Waals surface area contributed by atoms with E-state index in [4.69, 9.17) is 16.6 Å². The maximum atomic E-state index is 9.56. The molecule has 6 nitrogen and oxygen atoms in total. The van der Waals surface area contributed by atoms with Gasteiger partial charge in [0.2, 0.25) is 0 Å². The Morgan fingerprint density at radius 3 is 2.76 bits per heavy atom. The van der Waals surface area contributed by atoms with E-state index in [1.54, 1.807) is 0 Å². The first-order chi connectivity index (χ1) is 12.0. The maximum Gasteiger partial charge on any atom is 0.194 e. The summed E-state index contributed by atoms with van der Waals surface area (Å²) in [5, 5.41) is 13.7. The summed E-state index contributed by atoms with van der Waals surface area (Å²) >= 11 is 6.07. The van der Waals surface area contributed by atoms with Gasteiger partial charge >= 0.3 is 0 Å². The van der Waals surface area contributed by atoms with Crippen LogP contribution >= 0.6 is 11.6 Å². The normalized spacial score (nSPS) is 17.1. The van der Waals surface area contributed by atoms with Crippen molar-refractivity contribution in [2.45, 2.75) is 38.8 Å². The average Bonchev–Trinajstić information content (AvgIpc) is 2.89. The van der Waals surface area contributed by atoms with E-state index in [-0.39, 0.29) is 6.10 Å². The molecule has 2 rings (SSSR count). The third-order valence-corrected chi connectivity index (χ3v) is 4.83. The molecule has 1 saturated heterocycles. The minimum absolute atomic E-state index is 0.103. The molecule has 2 heterocycles. The number of nitrogens with zero attached hydrogens (tertiary/aromatic N) is 4. The van der Waals surface area contributed by atoms with Gasteiger partial charge in [-0.25, -0.2) is 0 Å². The fourth-order valence-corrected chi connectivity index (χ4v) is 3.41. The van der Waals surface area contributed by atoms with Gasteiger partial charge < -0.3 is 24.8 Å². The van der Waals surface area contributed by atoms with E-state index in [0.29, 0.717) is 0 Å². The van der Waals surface area contributed by atoms with E-state index >= 15 is 0 Å². The summed E-state index contributed by atoms with van der Waals surface area (Å²) < 4.78 is 2.05. The third-order valence-electron chi connectivity index (χ3n) is 4.62. The van der Waals surface area contributed by atoms with Crippen molar-refractivity contribution in [3.63, 3.8) is 0 Å². The third kappa shape index (κ3) is 6.53. The van der Waals surface area contributed by atoms with E-state index in [1.807, 2.05) is 23.9 Å². The molecule has 1 aromatic heterocycles. The molecule has 0 radical (unpaired) electrons. The van der Waals surface area contributed by atoms with Crippen molar-refractivity contribution in [3.8, 4) is 0 Å². The summed E-state index contributed by atoms with van der Waals surface area (Å²) in [6.07, 6.45) is 4.65. The number of halogens is 1. The number of hydrogen-bond donors (Lipinski definition) is 2. The molecule has 0 spiro atoms. The number of hydrogen-bond acceptors (Lipinski definition) is 3. The number of nitrogens with one attached hydrogen (secondary N) is 1. The molecular weight excluding hydrogens is 338 g/mol. The van der Waals surface area contributed by atoms with E-state index in [1.165, 1.54) is 0 Å². The lowest BCUT2D eigenvalue weighted by atomic mass is 10.1. The first-order valence-corrected chi connectivity index (χ1v) is 9.58. The van der Waals surface area contributed by atoms with E-state index < -0.39 is 0 Å². The first-order valence-electron chi connectivity index (χ1n) is 9.20. The van der Waals surface area contributed by atoms with Crippen LogP contribution < -0.4 is 5.32 Å². The van der Waals surface area contributed by atoms with Crippen LogP contribution in [0.2, 0.25) is 5.02 Å². The molecule has 25 heavy (non-hydrogen) atoms. The Balaban J connectivity index is 1.81. The van der Waals surface area contributed by atoms with Crippen LogP contribution in [0, 0.1) is 0 Å². The molecule has 7 heteroatoms. The molecule has 0 unspecified atom stereocenters. The Labute approximate surface area is 156 Å². The van der Waals surface area contributed by atoms with Crippen molar-refractivity contribution in [3.05, 3.63) is 23.0 Å². The van der Waals surface area contributed by atoms with E-state index in [2.05, 4.69) is 29.1 Å². The van der Waals surface area contributed by atoms with Crippen molar-refractivity contribution in [1.82, 2.24) is 19.7 Å². The van der Waals surface area contributed by atoms with Gasteiger partial charge in [0.25, 0.3) is 0 Å². The summed E-state index contributed by atoms with van der Waals surface area (Å²) in [5.41, 5.74) is 1.16. The minimum Gasteiger partial charge on any atom is -0.393 e. The minimum atomic E-state index is -0.103. The Hall–Kier alpha value is -1.24. The quantitative estimate of drug-likeness (QED) is 0.438. The predicted molar refractivity (Wildman–Crippen MR) is 104 cm³/mol. The highest BCUT2D eigenvalue weighted by Crippen LogP contribution is 2.14. The second-order valence-electron chi connectivity index (χ2n) is 6.78. The molecule has 0 atom stereocenters. The van der Waals surface area contributed by atoms with Gasteiger partial charge in [-0.05, 0) is 38.8 Å². The lowest BCUT2D eigenvalue weighted by Crippen LogP contribution is -2.39. The van der Waals surface area contributed by atoms with Crippen molar-refractivity contribution in [2.24, 2.45) is 12.0 Å². The first kappa shape index (κ1) is 20.1. The summed E-state index contributed by atoms with van der Waals surface area (Å²) in [5.74, 6) is 0.925. The van der Waals surface area contributed by atoms with Gasteiger partial charge in [0.1, 0.15) is 0 Å². The number of piperidine rings is 1. The van der Waals surface area contributed by atoms with Gasteiger partial charge in [0.05, 0.1) is 17.7 Å². The molecule has 0 aromatic carbocycles. The number of rotatable bonds is 7. The number of guanidine groups is 1. The predicted octanol–water partition coefficient (Wildman–Crippen LogP) is 1.92. The van der Waals surface area contributed by atoms with Gasteiger partial charge in [0.15, 0.2) is 5.96 Å². The maximum absolute atomic E-state index is 9.56. The summed E-state index contributed by atoms with van der Waals surface area (Å²) in [6, 6.07) is 1.99. The zero-order valence-corrected chi connectivity index (χ0v) is 16.5. The van der Waals surface area contributed by atoms with Crippen molar-refractivity contribution >= 4 is 17.6 Å². The Morgan fingerprint density at radius 1 is 1.44 bits per heavy atom. The number of aliphatic hydroxyl groups is 1. The fraction of sp³-hybridized carbons (Fsp3) is 0.722.